The third-order valence-corrected chi connectivity index (χ3v) is 3.03. The molecule has 128 valence electrons. The van der Waals surface area contributed by atoms with Crippen LogP contribution >= 0.6 is 0 Å². The average Bonchev–Trinajstić information content (AvgIpc) is 3.23. The fourth-order valence-corrected chi connectivity index (χ4v) is 1.61. The van der Waals surface area contributed by atoms with Gasteiger partial charge in [-0.3, -0.25) is 14.4 Å². The number of Topliss-reactive ketones (excluding diaryl/α,β-unsaturated/α-hetero) is 1. The van der Waals surface area contributed by atoms with E-state index in [-0.39, 0.29) is 19.1 Å². The number of ether oxygens (including phenoxy) is 1. The molecule has 1 atom stereocenters. The number of carbonyl (C=O) groups excluding carboxylic acids is 3. The van der Waals surface area contributed by atoms with E-state index >= 15 is 0 Å². The molecule has 23 heavy (non-hydrogen) atoms. The first kappa shape index (κ1) is 23.1. The second-order valence-electron chi connectivity index (χ2n) is 5.45. The fraction of sp³-hybridized carbons (Fsp3) is 0.706. The van der Waals surface area contributed by atoms with E-state index in [2.05, 4.69) is 10.8 Å². The molecule has 2 rings (SSSR count). The molecule has 0 bridgehead atoms. The molecule has 0 saturated heterocycles. The van der Waals surface area contributed by atoms with Crippen molar-refractivity contribution in [2.75, 3.05) is 0 Å². The van der Waals surface area contributed by atoms with Gasteiger partial charge in [-0.2, -0.15) is 10.5 Å². The van der Waals surface area contributed by atoms with Crippen molar-refractivity contribution >= 4 is 17.7 Å². The first-order chi connectivity index (χ1) is 10.3. The van der Waals surface area contributed by atoms with Crippen LogP contribution in [0.5, 0.6) is 0 Å². The molecule has 0 aromatic rings. The highest BCUT2D eigenvalue weighted by Gasteiger charge is 2.33. The summed E-state index contributed by atoms with van der Waals surface area (Å²) in [4.78, 5) is 30.3. The second kappa shape index (κ2) is 12.3. The third-order valence-electron chi connectivity index (χ3n) is 3.03. The first-order valence-corrected chi connectivity index (χ1v) is 7.27. The predicted octanol–water partition coefficient (Wildman–Crippen LogP) is 3.17. The maximum absolute atomic E-state index is 10.6. The Morgan fingerprint density at radius 3 is 1.61 bits per heavy atom. The number of nitriles is 2. The van der Waals surface area contributed by atoms with Crippen molar-refractivity contribution in [3.05, 3.63) is 0 Å². The van der Waals surface area contributed by atoms with Gasteiger partial charge < -0.3 is 4.74 Å². The topological polar surface area (TPSA) is 108 Å². The van der Waals surface area contributed by atoms with Crippen LogP contribution in [0.25, 0.3) is 0 Å². The van der Waals surface area contributed by atoms with Crippen LogP contribution in [0.3, 0.4) is 0 Å². The monoisotopic (exact) mass is 322 g/mol. The van der Waals surface area contributed by atoms with Crippen molar-refractivity contribution in [1.29, 1.82) is 10.5 Å². The van der Waals surface area contributed by atoms with Crippen LogP contribution < -0.4 is 0 Å². The van der Waals surface area contributed by atoms with Crippen molar-refractivity contribution < 1.29 is 19.1 Å². The number of nitrogens with zero attached hydrogens (tertiary/aromatic N) is 2. The number of hydrogen-bond donors (Lipinski definition) is 0. The van der Waals surface area contributed by atoms with E-state index in [1.54, 1.807) is 0 Å². The van der Waals surface area contributed by atoms with Crippen LogP contribution in [0, 0.1) is 40.4 Å². The van der Waals surface area contributed by atoms with Gasteiger partial charge in [0.2, 0.25) is 0 Å². The quantitative estimate of drug-likeness (QED) is 0.583. The maximum atomic E-state index is 10.6. The average molecular weight is 322 g/mol. The molecule has 2 saturated carbocycles. The number of esters is 2. The minimum atomic E-state index is -0.562. The Hall–Kier alpha value is -2.21. The van der Waals surface area contributed by atoms with Gasteiger partial charge in [0.05, 0.1) is 12.1 Å². The number of hydrogen-bond acceptors (Lipinski definition) is 6. The van der Waals surface area contributed by atoms with Crippen LogP contribution in [0.2, 0.25) is 0 Å². The van der Waals surface area contributed by atoms with E-state index in [4.69, 9.17) is 10.5 Å². The fourth-order valence-electron chi connectivity index (χ4n) is 1.61. The van der Waals surface area contributed by atoms with Crippen molar-refractivity contribution in [1.82, 2.24) is 0 Å². The summed E-state index contributed by atoms with van der Waals surface area (Å²) in [5, 5.41) is 16.5. The van der Waals surface area contributed by atoms with Gasteiger partial charge >= 0.3 is 11.9 Å². The number of rotatable bonds is 3. The normalized spacial score (nSPS) is 15.5. The molecule has 1 unspecified atom stereocenters. The summed E-state index contributed by atoms with van der Waals surface area (Å²) in [6, 6.07) is 4.14. The summed E-state index contributed by atoms with van der Waals surface area (Å²) in [5.41, 5.74) is 0. The van der Waals surface area contributed by atoms with Gasteiger partial charge in [0.25, 0.3) is 0 Å². The standard InChI is InChI=1S/C7H9NO.C5H7N.C4H6O3.CH4/c1-5(9)7(4-8)6-2-3-6;6-4-3-5-1-2-5;1-3(5)7-4(2)6;/h6-7H,2-3H2,1H3;5H,1-3H2;1-2H3;1H4. The van der Waals surface area contributed by atoms with Crippen LogP contribution in [-0.2, 0) is 19.1 Å². The minimum Gasteiger partial charge on any atom is -0.394 e. The third kappa shape index (κ3) is 14.5. The summed E-state index contributed by atoms with van der Waals surface area (Å²) in [5.74, 6) is -0.215. The zero-order chi connectivity index (χ0) is 17.1. The molecule has 0 radical (unpaired) electrons. The molecule has 0 heterocycles. The zero-order valence-corrected chi connectivity index (χ0v) is 13.3. The predicted molar refractivity (Wildman–Crippen MR) is 84.6 cm³/mol. The van der Waals surface area contributed by atoms with Gasteiger partial charge in [0.1, 0.15) is 11.7 Å². The van der Waals surface area contributed by atoms with E-state index in [9.17, 15) is 14.4 Å². The van der Waals surface area contributed by atoms with E-state index in [0.717, 1.165) is 25.2 Å². The zero-order valence-electron chi connectivity index (χ0n) is 13.3. The molecule has 6 nitrogen and oxygen atoms in total. The molecule has 2 aliphatic rings. The lowest BCUT2D eigenvalue weighted by molar-refractivity contribution is -0.156. The van der Waals surface area contributed by atoms with Crippen LogP contribution in [-0.4, -0.2) is 17.7 Å². The SMILES string of the molecule is C.CC(=O)C(C#N)C1CC1.CC(=O)OC(C)=O.N#CCC1CC1. The Morgan fingerprint density at radius 2 is 1.52 bits per heavy atom. The summed E-state index contributed by atoms with van der Waals surface area (Å²) in [6.45, 7) is 3.86. The Morgan fingerprint density at radius 1 is 1.04 bits per heavy atom. The summed E-state index contributed by atoms with van der Waals surface area (Å²) in [7, 11) is 0. The molecule has 0 aliphatic heterocycles. The molecule has 0 spiro atoms. The van der Waals surface area contributed by atoms with Crippen LogP contribution in [0.1, 0.15) is 60.3 Å². The summed E-state index contributed by atoms with van der Waals surface area (Å²) < 4.78 is 3.97. The smallest absolute Gasteiger partial charge is 0.310 e. The first-order valence-electron chi connectivity index (χ1n) is 7.27. The molecule has 2 aliphatic carbocycles. The summed E-state index contributed by atoms with van der Waals surface area (Å²) in [6.07, 6.45) is 5.52. The van der Waals surface area contributed by atoms with Crippen molar-refractivity contribution in [2.24, 2.45) is 17.8 Å². The highest BCUT2D eigenvalue weighted by atomic mass is 16.6. The highest BCUT2D eigenvalue weighted by Crippen LogP contribution is 2.36. The van der Waals surface area contributed by atoms with E-state index in [0.29, 0.717) is 5.92 Å². The Labute approximate surface area is 138 Å². The largest absolute Gasteiger partial charge is 0.394 e. The van der Waals surface area contributed by atoms with E-state index < -0.39 is 11.9 Å². The van der Waals surface area contributed by atoms with Crippen molar-refractivity contribution in [2.45, 2.75) is 60.3 Å². The number of ketones is 1. The molecular formula is C17H26N2O4. The van der Waals surface area contributed by atoms with Gasteiger partial charge in [0, 0.05) is 20.3 Å². The molecule has 0 aromatic heterocycles. The van der Waals surface area contributed by atoms with E-state index in [1.807, 2.05) is 6.07 Å². The molecule has 0 N–H and O–H groups in total. The minimum absolute atomic E-state index is 0. The van der Waals surface area contributed by atoms with Gasteiger partial charge in [-0.1, -0.05) is 7.43 Å². The molecule has 2 fully saturated rings. The second-order valence-corrected chi connectivity index (χ2v) is 5.45. The summed E-state index contributed by atoms with van der Waals surface area (Å²) >= 11 is 0. The van der Waals surface area contributed by atoms with Crippen molar-refractivity contribution in [3.63, 3.8) is 0 Å². The van der Waals surface area contributed by atoms with Gasteiger partial charge in [-0.05, 0) is 44.4 Å². The Kier molecular flexibility index (Phi) is 12.4. The molecule has 0 amide bonds. The van der Waals surface area contributed by atoms with E-state index in [1.165, 1.54) is 33.6 Å². The van der Waals surface area contributed by atoms with Crippen molar-refractivity contribution in [3.8, 4) is 12.1 Å². The molecule has 6 heteroatoms. The Balaban J connectivity index is 0. The lowest BCUT2D eigenvalue weighted by atomic mass is 10.0. The highest BCUT2D eigenvalue weighted by molar-refractivity contribution is 5.82. The van der Waals surface area contributed by atoms with Gasteiger partial charge in [0.15, 0.2) is 0 Å². The van der Waals surface area contributed by atoms with Crippen LogP contribution in [0.4, 0.5) is 0 Å². The lowest BCUT2D eigenvalue weighted by Crippen LogP contribution is -2.09. The molecule has 0 aromatic carbocycles. The Bertz CT molecular complexity index is 468. The maximum Gasteiger partial charge on any atom is 0.310 e. The van der Waals surface area contributed by atoms with Crippen LogP contribution in [0.15, 0.2) is 0 Å². The van der Waals surface area contributed by atoms with Gasteiger partial charge in [-0.25, -0.2) is 0 Å². The number of carbonyl (C=O) groups is 3. The molecular weight excluding hydrogens is 296 g/mol. The van der Waals surface area contributed by atoms with Gasteiger partial charge in [-0.15, -0.1) is 0 Å². The lowest BCUT2D eigenvalue weighted by Gasteiger charge is -1.97.